The maximum Gasteiger partial charge on any atom is 0.0797 e. The largest absolute Gasteiger partial charge is 0.373 e. The van der Waals surface area contributed by atoms with E-state index in [-0.39, 0.29) is 6.10 Å². The topological polar surface area (TPSA) is 35.2 Å². The molecule has 1 aromatic rings. The summed E-state index contributed by atoms with van der Waals surface area (Å²) in [6, 6.07) is 8.55. The van der Waals surface area contributed by atoms with Gasteiger partial charge in [0.2, 0.25) is 0 Å². The van der Waals surface area contributed by atoms with Crippen LogP contribution in [0.15, 0.2) is 24.3 Å². The van der Waals surface area contributed by atoms with Gasteiger partial charge in [-0.1, -0.05) is 31.2 Å². The molecule has 0 heterocycles. The molecule has 0 aromatic heterocycles. The molecule has 0 aliphatic carbocycles. The molecule has 0 spiro atoms. The lowest BCUT2D eigenvalue weighted by atomic mass is 10.1. The number of hydrogen-bond acceptors (Lipinski definition) is 2. The van der Waals surface area contributed by atoms with Crippen molar-refractivity contribution < 1.29 is 4.74 Å². The molecule has 78 valence electrons. The summed E-state index contributed by atoms with van der Waals surface area (Å²) in [4.78, 5) is 0. The van der Waals surface area contributed by atoms with Crippen molar-refractivity contribution in [1.29, 1.82) is 0 Å². The second kappa shape index (κ2) is 5.78. The van der Waals surface area contributed by atoms with E-state index in [1.165, 1.54) is 11.1 Å². The van der Waals surface area contributed by atoms with E-state index >= 15 is 0 Å². The molecule has 1 aromatic carbocycles. The molecule has 0 amide bonds. The third-order valence-electron chi connectivity index (χ3n) is 2.34. The molecular weight excluding hydrogens is 174 g/mol. The highest BCUT2D eigenvalue weighted by Crippen LogP contribution is 2.16. The Morgan fingerprint density at radius 2 is 1.93 bits per heavy atom. The highest BCUT2D eigenvalue weighted by Gasteiger charge is 2.04. The van der Waals surface area contributed by atoms with Crippen LogP contribution in [0.5, 0.6) is 0 Å². The summed E-state index contributed by atoms with van der Waals surface area (Å²) < 4.78 is 5.53. The van der Waals surface area contributed by atoms with Gasteiger partial charge in [-0.05, 0) is 24.5 Å². The quantitative estimate of drug-likeness (QED) is 0.778. The van der Waals surface area contributed by atoms with E-state index in [1.54, 1.807) is 0 Å². The molecule has 0 fully saturated rings. The summed E-state index contributed by atoms with van der Waals surface area (Å²) >= 11 is 0. The fourth-order valence-corrected chi connectivity index (χ4v) is 1.37. The van der Waals surface area contributed by atoms with Crippen molar-refractivity contribution >= 4 is 0 Å². The number of aryl methyl sites for hydroxylation is 1. The van der Waals surface area contributed by atoms with E-state index in [9.17, 15) is 0 Å². The molecule has 2 N–H and O–H groups in total. The lowest BCUT2D eigenvalue weighted by molar-refractivity contribution is 0.0718. The van der Waals surface area contributed by atoms with Crippen LogP contribution in [0.3, 0.4) is 0 Å². The normalized spacial score (nSPS) is 12.8. The third kappa shape index (κ3) is 3.13. The molecular formula is C12H19NO. The summed E-state index contributed by atoms with van der Waals surface area (Å²) in [5.74, 6) is 0. The Labute approximate surface area is 86.1 Å². The second-order valence-electron chi connectivity index (χ2n) is 3.40. The Kier molecular flexibility index (Phi) is 4.63. The lowest BCUT2D eigenvalue weighted by Crippen LogP contribution is -2.10. The van der Waals surface area contributed by atoms with Crippen molar-refractivity contribution in [2.75, 3.05) is 13.2 Å². The molecule has 0 bridgehead atoms. The number of nitrogens with two attached hydrogens (primary N) is 1. The van der Waals surface area contributed by atoms with Gasteiger partial charge in [0.05, 0.1) is 12.7 Å². The Hall–Kier alpha value is -0.860. The standard InChI is InChI=1S/C12H19NO/c1-3-11-4-6-12(7-5-11)10(2)14-9-8-13/h4-7,10H,3,8-9,13H2,1-2H3/t10-/m0/s1. The van der Waals surface area contributed by atoms with Crippen LogP contribution < -0.4 is 5.73 Å². The number of benzene rings is 1. The first-order valence-electron chi connectivity index (χ1n) is 5.18. The van der Waals surface area contributed by atoms with Crippen LogP contribution in [-0.4, -0.2) is 13.2 Å². The van der Waals surface area contributed by atoms with Crippen molar-refractivity contribution in [3.63, 3.8) is 0 Å². The van der Waals surface area contributed by atoms with Crippen LogP contribution in [0, 0.1) is 0 Å². The Morgan fingerprint density at radius 1 is 1.29 bits per heavy atom. The summed E-state index contributed by atoms with van der Waals surface area (Å²) in [6.45, 7) is 5.41. The summed E-state index contributed by atoms with van der Waals surface area (Å²) in [6.07, 6.45) is 1.22. The minimum Gasteiger partial charge on any atom is -0.373 e. The molecule has 0 aliphatic heterocycles. The minimum atomic E-state index is 0.143. The van der Waals surface area contributed by atoms with Crippen molar-refractivity contribution in [2.45, 2.75) is 26.4 Å². The molecule has 0 saturated heterocycles. The zero-order valence-electron chi connectivity index (χ0n) is 8.99. The maximum atomic E-state index is 5.53. The molecule has 14 heavy (non-hydrogen) atoms. The second-order valence-corrected chi connectivity index (χ2v) is 3.40. The number of rotatable bonds is 5. The first-order chi connectivity index (χ1) is 6.77. The first-order valence-corrected chi connectivity index (χ1v) is 5.18. The fourth-order valence-electron chi connectivity index (χ4n) is 1.37. The van der Waals surface area contributed by atoms with Crippen molar-refractivity contribution in [3.05, 3.63) is 35.4 Å². The summed E-state index contributed by atoms with van der Waals surface area (Å²) in [5, 5.41) is 0. The van der Waals surface area contributed by atoms with Crippen LogP contribution >= 0.6 is 0 Å². The van der Waals surface area contributed by atoms with E-state index in [0.29, 0.717) is 13.2 Å². The van der Waals surface area contributed by atoms with E-state index in [4.69, 9.17) is 10.5 Å². The maximum absolute atomic E-state index is 5.53. The Bertz CT molecular complexity index is 256. The highest BCUT2D eigenvalue weighted by atomic mass is 16.5. The Balaban J connectivity index is 2.57. The van der Waals surface area contributed by atoms with E-state index < -0.39 is 0 Å². The van der Waals surface area contributed by atoms with Gasteiger partial charge >= 0.3 is 0 Å². The smallest absolute Gasteiger partial charge is 0.0797 e. The van der Waals surface area contributed by atoms with E-state index in [0.717, 1.165) is 6.42 Å². The third-order valence-corrected chi connectivity index (χ3v) is 2.34. The highest BCUT2D eigenvalue weighted by molar-refractivity contribution is 5.23. The zero-order chi connectivity index (χ0) is 10.4. The monoisotopic (exact) mass is 193 g/mol. The number of ether oxygens (including phenoxy) is 1. The van der Waals surface area contributed by atoms with E-state index in [2.05, 4.69) is 38.1 Å². The van der Waals surface area contributed by atoms with Gasteiger partial charge in [0.25, 0.3) is 0 Å². The SMILES string of the molecule is CCc1ccc([C@H](C)OCCN)cc1. The summed E-state index contributed by atoms with van der Waals surface area (Å²) in [5.41, 5.74) is 7.95. The van der Waals surface area contributed by atoms with Gasteiger partial charge in [0, 0.05) is 6.54 Å². The molecule has 2 nitrogen and oxygen atoms in total. The predicted molar refractivity (Wildman–Crippen MR) is 59.2 cm³/mol. The van der Waals surface area contributed by atoms with Crippen molar-refractivity contribution in [1.82, 2.24) is 0 Å². The first kappa shape index (κ1) is 11.2. The van der Waals surface area contributed by atoms with E-state index in [1.807, 2.05) is 0 Å². The van der Waals surface area contributed by atoms with Gasteiger partial charge in [0.15, 0.2) is 0 Å². The molecule has 1 rings (SSSR count). The van der Waals surface area contributed by atoms with Crippen molar-refractivity contribution in [3.8, 4) is 0 Å². The fraction of sp³-hybridized carbons (Fsp3) is 0.500. The lowest BCUT2D eigenvalue weighted by Gasteiger charge is -2.12. The van der Waals surface area contributed by atoms with Gasteiger partial charge in [-0.25, -0.2) is 0 Å². The van der Waals surface area contributed by atoms with Gasteiger partial charge < -0.3 is 10.5 Å². The molecule has 1 atom stereocenters. The zero-order valence-corrected chi connectivity index (χ0v) is 8.99. The average Bonchev–Trinajstić information content (AvgIpc) is 2.26. The van der Waals surface area contributed by atoms with Crippen molar-refractivity contribution in [2.24, 2.45) is 5.73 Å². The molecule has 2 heteroatoms. The summed E-state index contributed by atoms with van der Waals surface area (Å²) in [7, 11) is 0. The molecule has 0 radical (unpaired) electrons. The average molecular weight is 193 g/mol. The van der Waals surface area contributed by atoms with Gasteiger partial charge in [0.1, 0.15) is 0 Å². The van der Waals surface area contributed by atoms with Crippen LogP contribution in [0.25, 0.3) is 0 Å². The van der Waals surface area contributed by atoms with Crippen LogP contribution in [0.2, 0.25) is 0 Å². The number of hydrogen-bond donors (Lipinski definition) is 1. The molecule has 0 saturated carbocycles. The Morgan fingerprint density at radius 3 is 2.43 bits per heavy atom. The van der Waals surface area contributed by atoms with Crippen LogP contribution in [-0.2, 0) is 11.2 Å². The predicted octanol–water partition coefficient (Wildman–Crippen LogP) is 2.29. The minimum absolute atomic E-state index is 0.143. The van der Waals surface area contributed by atoms with Crippen LogP contribution in [0.4, 0.5) is 0 Å². The van der Waals surface area contributed by atoms with Gasteiger partial charge in [-0.15, -0.1) is 0 Å². The van der Waals surface area contributed by atoms with Crippen LogP contribution in [0.1, 0.15) is 31.1 Å². The molecule has 0 aliphatic rings. The molecule has 0 unspecified atom stereocenters. The van der Waals surface area contributed by atoms with Gasteiger partial charge in [-0.3, -0.25) is 0 Å². The van der Waals surface area contributed by atoms with Gasteiger partial charge in [-0.2, -0.15) is 0 Å².